The largest absolute Gasteiger partial charge is 0.444 e. The minimum absolute atomic E-state index is 0.184. The number of nitrogens with one attached hydrogen (secondary N) is 1. The molecule has 2 rings (SSSR count). The molecule has 0 aliphatic carbocycles. The quantitative estimate of drug-likeness (QED) is 0.929. The zero-order valence-electron chi connectivity index (χ0n) is 13.9. The maximum atomic E-state index is 11.9. The van der Waals surface area contributed by atoms with E-state index in [4.69, 9.17) is 4.74 Å². The molecule has 2 atom stereocenters. The predicted molar refractivity (Wildman–Crippen MR) is 85.8 cm³/mol. The van der Waals surface area contributed by atoms with E-state index >= 15 is 0 Å². The van der Waals surface area contributed by atoms with Gasteiger partial charge in [-0.15, -0.1) is 0 Å². The van der Waals surface area contributed by atoms with Crippen LogP contribution >= 0.6 is 0 Å². The molecular weight excluding hydrogens is 280 g/mol. The summed E-state index contributed by atoms with van der Waals surface area (Å²) in [6, 6.07) is 1.99. The number of aromatic nitrogens is 2. The summed E-state index contributed by atoms with van der Waals surface area (Å²) in [5.41, 5.74) is -0.482. The van der Waals surface area contributed by atoms with E-state index in [0.717, 1.165) is 25.3 Å². The Balaban J connectivity index is 2.00. The molecule has 6 nitrogen and oxygen atoms in total. The Morgan fingerprint density at radius 3 is 2.73 bits per heavy atom. The number of amides is 1. The first-order valence-corrected chi connectivity index (χ1v) is 7.87. The molecule has 0 bridgehead atoms. The van der Waals surface area contributed by atoms with Crippen molar-refractivity contribution in [1.29, 1.82) is 0 Å². The number of nitrogens with zero attached hydrogens (tertiary/aromatic N) is 3. The van der Waals surface area contributed by atoms with Gasteiger partial charge in [0.05, 0.1) is 6.04 Å². The molecule has 1 saturated heterocycles. The Morgan fingerprint density at radius 1 is 1.41 bits per heavy atom. The number of carbonyl (C=O) groups is 1. The van der Waals surface area contributed by atoms with Gasteiger partial charge >= 0.3 is 6.09 Å². The molecule has 122 valence electrons. The molecule has 1 aliphatic heterocycles. The molecule has 1 aromatic heterocycles. The molecule has 1 N–H and O–H groups in total. The molecule has 22 heavy (non-hydrogen) atoms. The molecule has 1 aromatic rings. The molecular formula is C16H26N4O2. The summed E-state index contributed by atoms with van der Waals surface area (Å²) in [6.07, 6.45) is 5.38. The van der Waals surface area contributed by atoms with Crippen molar-refractivity contribution >= 4 is 12.0 Å². The number of hydrogen-bond donors (Lipinski definition) is 1. The molecule has 0 aromatic carbocycles. The van der Waals surface area contributed by atoms with Crippen molar-refractivity contribution < 1.29 is 9.53 Å². The number of alkyl carbamates (subject to hydrolysis) is 1. The van der Waals surface area contributed by atoms with Crippen molar-refractivity contribution in [3.05, 3.63) is 18.5 Å². The van der Waals surface area contributed by atoms with Gasteiger partial charge < -0.3 is 15.0 Å². The van der Waals surface area contributed by atoms with Gasteiger partial charge in [-0.3, -0.25) is 0 Å². The van der Waals surface area contributed by atoms with E-state index in [1.54, 1.807) is 12.4 Å². The highest BCUT2D eigenvalue weighted by Crippen LogP contribution is 2.25. The molecule has 0 spiro atoms. The van der Waals surface area contributed by atoms with Crippen LogP contribution in [0.2, 0.25) is 0 Å². The smallest absolute Gasteiger partial charge is 0.407 e. The standard InChI is InChI=1S/C16H26N4O2/c1-12-7-5-10-20(14-17-8-6-9-18-14)13(12)11-19-15(21)22-16(2,3)4/h6,8-9,12-13H,5,7,10-11H2,1-4H3,(H,19,21). The van der Waals surface area contributed by atoms with Crippen molar-refractivity contribution in [2.24, 2.45) is 5.92 Å². The highest BCUT2D eigenvalue weighted by Gasteiger charge is 2.30. The van der Waals surface area contributed by atoms with E-state index in [1.807, 2.05) is 26.8 Å². The lowest BCUT2D eigenvalue weighted by Gasteiger charge is -2.40. The van der Waals surface area contributed by atoms with Crippen LogP contribution in [0.5, 0.6) is 0 Å². The van der Waals surface area contributed by atoms with Gasteiger partial charge in [0.25, 0.3) is 0 Å². The van der Waals surface area contributed by atoms with E-state index in [9.17, 15) is 4.79 Å². The number of hydrogen-bond acceptors (Lipinski definition) is 5. The van der Waals surface area contributed by atoms with Crippen LogP contribution in [0, 0.1) is 5.92 Å². The van der Waals surface area contributed by atoms with E-state index in [0.29, 0.717) is 12.5 Å². The lowest BCUT2D eigenvalue weighted by Crippen LogP contribution is -2.52. The average molecular weight is 306 g/mol. The van der Waals surface area contributed by atoms with Crippen molar-refractivity contribution in [2.45, 2.75) is 52.2 Å². The molecule has 0 radical (unpaired) electrons. The zero-order chi connectivity index (χ0) is 16.2. The van der Waals surface area contributed by atoms with Crippen molar-refractivity contribution in [3.63, 3.8) is 0 Å². The second-order valence-electron chi connectivity index (χ2n) is 6.81. The van der Waals surface area contributed by atoms with E-state index in [2.05, 4.69) is 27.1 Å². The number of rotatable bonds is 3. The number of piperidine rings is 1. The van der Waals surface area contributed by atoms with Crippen LogP contribution in [0.25, 0.3) is 0 Å². The van der Waals surface area contributed by atoms with Gasteiger partial charge in [0.15, 0.2) is 0 Å². The van der Waals surface area contributed by atoms with Crippen LogP contribution < -0.4 is 10.2 Å². The SMILES string of the molecule is CC1CCCN(c2ncccn2)C1CNC(=O)OC(C)(C)C. The minimum Gasteiger partial charge on any atom is -0.444 e. The first kappa shape index (κ1) is 16.5. The molecule has 6 heteroatoms. The van der Waals surface area contributed by atoms with Crippen LogP contribution in [0.4, 0.5) is 10.7 Å². The fourth-order valence-electron chi connectivity index (χ4n) is 2.75. The van der Waals surface area contributed by atoms with Crippen LogP contribution in [0.3, 0.4) is 0 Å². The maximum Gasteiger partial charge on any atom is 0.407 e. The third-order valence-corrected chi connectivity index (χ3v) is 3.78. The number of ether oxygens (including phenoxy) is 1. The van der Waals surface area contributed by atoms with Crippen LogP contribution in [0.1, 0.15) is 40.5 Å². The van der Waals surface area contributed by atoms with Gasteiger partial charge in [-0.2, -0.15) is 0 Å². The monoisotopic (exact) mass is 306 g/mol. The Kier molecular flexibility index (Phi) is 5.21. The Hall–Kier alpha value is -1.85. The first-order valence-electron chi connectivity index (χ1n) is 7.87. The minimum atomic E-state index is -0.482. The first-order chi connectivity index (χ1) is 10.4. The third-order valence-electron chi connectivity index (χ3n) is 3.78. The number of carbonyl (C=O) groups excluding carboxylic acids is 1. The topological polar surface area (TPSA) is 67.4 Å². The van der Waals surface area contributed by atoms with Gasteiger partial charge in [-0.25, -0.2) is 14.8 Å². The normalized spacial score (nSPS) is 22.3. The van der Waals surface area contributed by atoms with Gasteiger partial charge in [0.2, 0.25) is 5.95 Å². The molecule has 0 saturated carbocycles. The van der Waals surface area contributed by atoms with Gasteiger partial charge in [-0.1, -0.05) is 6.92 Å². The maximum absolute atomic E-state index is 11.9. The molecule has 1 aliphatic rings. The van der Waals surface area contributed by atoms with Crippen LogP contribution in [-0.2, 0) is 4.74 Å². The summed E-state index contributed by atoms with van der Waals surface area (Å²) < 4.78 is 5.31. The highest BCUT2D eigenvalue weighted by molar-refractivity contribution is 5.67. The predicted octanol–water partition coefficient (Wildman–Crippen LogP) is 2.61. The van der Waals surface area contributed by atoms with E-state index < -0.39 is 5.60 Å². The fourth-order valence-corrected chi connectivity index (χ4v) is 2.75. The Bertz CT molecular complexity index is 487. The van der Waals surface area contributed by atoms with Crippen molar-refractivity contribution in [3.8, 4) is 0 Å². The second kappa shape index (κ2) is 6.94. The lowest BCUT2D eigenvalue weighted by atomic mass is 9.91. The molecule has 2 heterocycles. The van der Waals surface area contributed by atoms with Gasteiger partial charge in [0, 0.05) is 25.5 Å². The Morgan fingerprint density at radius 2 is 2.09 bits per heavy atom. The molecule has 1 fully saturated rings. The second-order valence-corrected chi connectivity index (χ2v) is 6.81. The fraction of sp³-hybridized carbons (Fsp3) is 0.688. The summed E-state index contributed by atoms with van der Waals surface area (Å²) in [5, 5.41) is 2.88. The molecule has 2 unspecified atom stereocenters. The Labute approximate surface area is 132 Å². The summed E-state index contributed by atoms with van der Waals surface area (Å²) in [5.74, 6) is 1.19. The summed E-state index contributed by atoms with van der Waals surface area (Å²) in [7, 11) is 0. The van der Waals surface area contributed by atoms with Crippen LogP contribution in [-0.4, -0.2) is 40.8 Å². The van der Waals surface area contributed by atoms with E-state index in [-0.39, 0.29) is 12.1 Å². The lowest BCUT2D eigenvalue weighted by molar-refractivity contribution is 0.0519. The van der Waals surface area contributed by atoms with Crippen molar-refractivity contribution in [2.75, 3.05) is 18.0 Å². The van der Waals surface area contributed by atoms with E-state index in [1.165, 1.54) is 0 Å². The van der Waals surface area contributed by atoms with Gasteiger partial charge in [0.1, 0.15) is 5.60 Å². The molecule has 1 amide bonds. The summed E-state index contributed by atoms with van der Waals surface area (Å²) >= 11 is 0. The van der Waals surface area contributed by atoms with Crippen molar-refractivity contribution in [1.82, 2.24) is 15.3 Å². The highest BCUT2D eigenvalue weighted by atomic mass is 16.6. The van der Waals surface area contributed by atoms with Crippen LogP contribution in [0.15, 0.2) is 18.5 Å². The summed E-state index contributed by atoms with van der Waals surface area (Å²) in [4.78, 5) is 22.7. The summed E-state index contributed by atoms with van der Waals surface area (Å²) in [6.45, 7) is 9.24. The van der Waals surface area contributed by atoms with Gasteiger partial charge in [-0.05, 0) is 45.6 Å². The average Bonchev–Trinajstić information content (AvgIpc) is 2.45. The number of anilines is 1. The zero-order valence-corrected chi connectivity index (χ0v) is 13.9. The third kappa shape index (κ3) is 4.58.